The molecule has 0 saturated carbocycles. The first-order valence-corrected chi connectivity index (χ1v) is 5.78. The van der Waals surface area contributed by atoms with Crippen LogP contribution >= 0.6 is 0 Å². The van der Waals surface area contributed by atoms with E-state index in [9.17, 15) is 14.0 Å². The number of carbonyl (C=O) groups excluding carboxylic acids is 1. The molecular weight excluding hydrogens is 263 g/mol. The molecule has 0 saturated heterocycles. The van der Waals surface area contributed by atoms with Crippen molar-refractivity contribution < 1.29 is 19.1 Å². The fourth-order valence-electron chi connectivity index (χ4n) is 1.73. The minimum absolute atomic E-state index is 0.0537. The summed E-state index contributed by atoms with van der Waals surface area (Å²) in [6.45, 7) is 0. The predicted molar refractivity (Wildman–Crippen MR) is 69.9 cm³/mol. The van der Waals surface area contributed by atoms with Crippen LogP contribution < -0.4 is 5.32 Å². The van der Waals surface area contributed by atoms with Crippen LogP contribution in [0.15, 0.2) is 42.7 Å². The summed E-state index contributed by atoms with van der Waals surface area (Å²) in [4.78, 5) is 26.6. The van der Waals surface area contributed by atoms with Crippen molar-refractivity contribution in [3.8, 4) is 0 Å². The molecule has 2 aromatic rings. The van der Waals surface area contributed by atoms with E-state index < -0.39 is 23.3 Å². The molecule has 1 heterocycles. The van der Waals surface area contributed by atoms with Crippen molar-refractivity contribution >= 4 is 17.6 Å². The number of anilines is 1. The van der Waals surface area contributed by atoms with Crippen LogP contribution in [0.1, 0.15) is 15.9 Å². The monoisotopic (exact) mass is 274 g/mol. The Morgan fingerprint density at radius 2 is 1.90 bits per heavy atom. The number of hydrogen-bond donors (Lipinski definition) is 2. The van der Waals surface area contributed by atoms with Crippen molar-refractivity contribution in [2.75, 3.05) is 5.32 Å². The molecule has 2 N–H and O–H groups in total. The van der Waals surface area contributed by atoms with Gasteiger partial charge in [0, 0.05) is 12.4 Å². The number of carboxylic acids is 1. The van der Waals surface area contributed by atoms with Crippen LogP contribution in [-0.2, 0) is 11.2 Å². The third-order valence-corrected chi connectivity index (χ3v) is 2.62. The molecule has 20 heavy (non-hydrogen) atoms. The second-order valence-electron chi connectivity index (χ2n) is 4.05. The lowest BCUT2D eigenvalue weighted by atomic mass is 10.1. The number of aromatic nitrogens is 1. The average Bonchev–Trinajstić information content (AvgIpc) is 2.39. The maximum absolute atomic E-state index is 13.4. The number of carbonyl (C=O) groups is 2. The number of amides is 1. The maximum atomic E-state index is 13.4. The first-order chi connectivity index (χ1) is 9.58. The highest BCUT2D eigenvalue weighted by Gasteiger charge is 2.17. The molecule has 5 nitrogen and oxygen atoms in total. The van der Waals surface area contributed by atoms with E-state index in [1.54, 1.807) is 24.5 Å². The van der Waals surface area contributed by atoms with Gasteiger partial charge in [0.15, 0.2) is 0 Å². The number of nitrogens with one attached hydrogen (secondary N) is 1. The van der Waals surface area contributed by atoms with Crippen LogP contribution in [0.5, 0.6) is 0 Å². The Morgan fingerprint density at radius 3 is 2.55 bits per heavy atom. The summed E-state index contributed by atoms with van der Waals surface area (Å²) in [6, 6.07) is 7.05. The molecule has 0 spiro atoms. The Morgan fingerprint density at radius 1 is 1.20 bits per heavy atom. The summed E-state index contributed by atoms with van der Waals surface area (Å²) in [7, 11) is 0. The highest BCUT2D eigenvalue weighted by molar-refractivity contribution is 6.01. The van der Waals surface area contributed by atoms with E-state index in [0.717, 1.165) is 11.6 Å². The smallest absolute Gasteiger partial charge is 0.340 e. The first-order valence-electron chi connectivity index (χ1n) is 5.78. The minimum atomic E-state index is -1.43. The molecule has 102 valence electrons. The number of rotatable bonds is 4. The number of carboxylic acid groups (broad SMARTS) is 1. The molecule has 1 amide bonds. The van der Waals surface area contributed by atoms with Crippen molar-refractivity contribution in [3.63, 3.8) is 0 Å². The topological polar surface area (TPSA) is 79.3 Å². The van der Waals surface area contributed by atoms with Crippen molar-refractivity contribution in [1.82, 2.24) is 4.98 Å². The Balaban J connectivity index is 2.16. The van der Waals surface area contributed by atoms with Gasteiger partial charge in [0.1, 0.15) is 11.4 Å². The van der Waals surface area contributed by atoms with E-state index in [2.05, 4.69) is 10.3 Å². The van der Waals surface area contributed by atoms with Gasteiger partial charge >= 0.3 is 5.97 Å². The Kier molecular flexibility index (Phi) is 4.05. The molecule has 0 radical (unpaired) electrons. The van der Waals surface area contributed by atoms with Gasteiger partial charge in [-0.1, -0.05) is 6.07 Å². The quantitative estimate of drug-likeness (QED) is 0.894. The molecule has 1 aromatic heterocycles. The van der Waals surface area contributed by atoms with E-state index in [1.165, 1.54) is 12.1 Å². The Hall–Kier alpha value is -2.76. The zero-order chi connectivity index (χ0) is 14.5. The number of hydrogen-bond acceptors (Lipinski definition) is 3. The van der Waals surface area contributed by atoms with Gasteiger partial charge in [0.05, 0.1) is 12.1 Å². The van der Waals surface area contributed by atoms with Gasteiger partial charge in [-0.15, -0.1) is 0 Å². The van der Waals surface area contributed by atoms with Gasteiger partial charge in [0.25, 0.3) is 0 Å². The maximum Gasteiger partial charge on any atom is 0.340 e. The van der Waals surface area contributed by atoms with Crippen molar-refractivity contribution in [3.05, 3.63) is 59.7 Å². The number of halogens is 1. The zero-order valence-electron chi connectivity index (χ0n) is 10.3. The Labute approximate surface area is 114 Å². The molecule has 1 aromatic carbocycles. The van der Waals surface area contributed by atoms with E-state index in [4.69, 9.17) is 5.11 Å². The molecule has 0 aliphatic heterocycles. The predicted octanol–water partition coefficient (Wildman–Crippen LogP) is 2.10. The average molecular weight is 274 g/mol. The lowest BCUT2D eigenvalue weighted by molar-refractivity contribution is -0.115. The highest BCUT2D eigenvalue weighted by atomic mass is 19.1. The Bertz CT molecular complexity index is 644. The molecular formula is C14H11FN2O3. The first kappa shape index (κ1) is 13.7. The highest BCUT2D eigenvalue weighted by Crippen LogP contribution is 2.19. The van der Waals surface area contributed by atoms with Crippen LogP contribution in [0.25, 0.3) is 0 Å². The molecule has 0 aliphatic carbocycles. The van der Waals surface area contributed by atoms with Crippen LogP contribution in [0.4, 0.5) is 10.1 Å². The molecule has 0 atom stereocenters. The normalized spacial score (nSPS) is 10.1. The van der Waals surface area contributed by atoms with Gasteiger partial charge in [-0.2, -0.15) is 0 Å². The molecule has 0 fully saturated rings. The van der Waals surface area contributed by atoms with Crippen molar-refractivity contribution in [1.29, 1.82) is 0 Å². The molecule has 0 bridgehead atoms. The van der Waals surface area contributed by atoms with E-state index >= 15 is 0 Å². The third-order valence-electron chi connectivity index (χ3n) is 2.62. The molecule has 0 unspecified atom stereocenters. The van der Waals surface area contributed by atoms with Crippen molar-refractivity contribution in [2.45, 2.75) is 6.42 Å². The number of aromatic carboxylic acids is 1. The van der Waals surface area contributed by atoms with Gasteiger partial charge in [0.2, 0.25) is 5.91 Å². The van der Waals surface area contributed by atoms with Crippen molar-refractivity contribution in [2.24, 2.45) is 0 Å². The van der Waals surface area contributed by atoms with Crippen LogP contribution in [0.2, 0.25) is 0 Å². The van der Waals surface area contributed by atoms with E-state index in [1.807, 2.05) is 0 Å². The van der Waals surface area contributed by atoms with Gasteiger partial charge < -0.3 is 10.4 Å². The third kappa shape index (κ3) is 3.17. The van der Waals surface area contributed by atoms with Crippen LogP contribution in [0.3, 0.4) is 0 Å². The zero-order valence-corrected chi connectivity index (χ0v) is 10.3. The van der Waals surface area contributed by atoms with Crippen LogP contribution in [-0.4, -0.2) is 22.0 Å². The largest absolute Gasteiger partial charge is 0.478 e. The fraction of sp³-hybridized carbons (Fsp3) is 0.0714. The van der Waals surface area contributed by atoms with Gasteiger partial charge in [-0.25, -0.2) is 9.18 Å². The SMILES string of the molecule is O=C(Cc1ccncc1)Nc1cccc(F)c1C(=O)O. The molecule has 6 heteroatoms. The standard InChI is InChI=1S/C14H11FN2O3/c15-10-2-1-3-11(13(10)14(19)20)17-12(18)8-9-4-6-16-7-5-9/h1-7H,8H2,(H,17,18)(H,19,20). The summed E-state index contributed by atoms with van der Waals surface area (Å²) in [5.41, 5.74) is 0.123. The lowest BCUT2D eigenvalue weighted by Gasteiger charge is -2.09. The summed E-state index contributed by atoms with van der Waals surface area (Å²) in [5.74, 6) is -2.74. The summed E-state index contributed by atoms with van der Waals surface area (Å²) < 4.78 is 13.4. The second kappa shape index (κ2) is 5.92. The molecule has 2 rings (SSSR count). The van der Waals surface area contributed by atoms with E-state index in [0.29, 0.717) is 0 Å². The minimum Gasteiger partial charge on any atom is -0.478 e. The summed E-state index contributed by atoms with van der Waals surface area (Å²) in [5, 5.41) is 11.4. The number of benzene rings is 1. The van der Waals surface area contributed by atoms with Gasteiger partial charge in [-0.05, 0) is 29.8 Å². The van der Waals surface area contributed by atoms with Crippen LogP contribution in [0, 0.1) is 5.82 Å². The summed E-state index contributed by atoms with van der Waals surface area (Å²) >= 11 is 0. The summed E-state index contributed by atoms with van der Waals surface area (Å²) in [6.07, 6.45) is 3.15. The lowest BCUT2D eigenvalue weighted by Crippen LogP contribution is -2.17. The number of nitrogens with zero attached hydrogens (tertiary/aromatic N) is 1. The van der Waals surface area contributed by atoms with E-state index in [-0.39, 0.29) is 12.1 Å². The number of pyridine rings is 1. The van der Waals surface area contributed by atoms with Gasteiger partial charge in [-0.3, -0.25) is 9.78 Å². The molecule has 0 aliphatic rings. The fourth-order valence-corrected chi connectivity index (χ4v) is 1.73. The second-order valence-corrected chi connectivity index (χ2v) is 4.05.